The van der Waals surface area contributed by atoms with Crippen LogP contribution >= 0.6 is 11.3 Å². The second-order valence-corrected chi connectivity index (χ2v) is 5.03. The highest BCUT2D eigenvalue weighted by molar-refractivity contribution is 7.07. The highest BCUT2D eigenvalue weighted by Crippen LogP contribution is 2.10. The molecule has 0 aliphatic heterocycles. The van der Waals surface area contributed by atoms with E-state index < -0.39 is 0 Å². The third kappa shape index (κ3) is 3.21. The normalized spacial score (nSPS) is 10.1. The van der Waals surface area contributed by atoms with Gasteiger partial charge in [0.25, 0.3) is 11.8 Å². The Bertz CT molecular complexity index is 593. The molecule has 0 unspecified atom stereocenters. The van der Waals surface area contributed by atoms with E-state index in [0.717, 1.165) is 5.56 Å². The van der Waals surface area contributed by atoms with Gasteiger partial charge in [-0.3, -0.25) is 9.59 Å². The molecule has 2 amide bonds. The Kier molecular flexibility index (Phi) is 4.47. The Morgan fingerprint density at radius 1 is 1.30 bits per heavy atom. The van der Waals surface area contributed by atoms with Gasteiger partial charge >= 0.3 is 0 Å². The molecule has 0 aliphatic carbocycles. The maximum atomic E-state index is 12.0. The Morgan fingerprint density at radius 3 is 2.55 bits per heavy atom. The zero-order valence-electron chi connectivity index (χ0n) is 11.3. The quantitative estimate of drug-likeness (QED) is 0.933. The van der Waals surface area contributed by atoms with E-state index in [0.29, 0.717) is 17.8 Å². The summed E-state index contributed by atoms with van der Waals surface area (Å²) in [5.74, 6) is -0.231. The average Bonchev–Trinajstić information content (AvgIpc) is 3.00. The molecule has 0 spiro atoms. The Morgan fingerprint density at radius 2 is 2.00 bits per heavy atom. The second-order valence-electron chi connectivity index (χ2n) is 4.31. The summed E-state index contributed by atoms with van der Waals surface area (Å²) in [7, 11) is 3.32. The fourth-order valence-electron chi connectivity index (χ4n) is 1.77. The van der Waals surface area contributed by atoms with Crippen molar-refractivity contribution in [2.24, 2.45) is 0 Å². The van der Waals surface area contributed by atoms with Gasteiger partial charge in [-0.15, -0.1) is 11.3 Å². The number of nitrogens with one attached hydrogen (secondary N) is 1. The molecule has 1 heterocycles. The molecule has 2 rings (SSSR count). The van der Waals surface area contributed by atoms with Gasteiger partial charge in [-0.2, -0.15) is 0 Å². The van der Waals surface area contributed by atoms with E-state index in [4.69, 9.17) is 0 Å². The number of hydrogen-bond donors (Lipinski definition) is 1. The van der Waals surface area contributed by atoms with Crippen LogP contribution in [0.3, 0.4) is 0 Å². The smallest absolute Gasteiger partial charge is 0.273 e. The number of hydrogen-bond acceptors (Lipinski definition) is 4. The van der Waals surface area contributed by atoms with Crippen molar-refractivity contribution in [2.45, 2.75) is 6.54 Å². The molecule has 0 bridgehead atoms. The zero-order valence-corrected chi connectivity index (χ0v) is 12.1. The molecule has 104 valence electrons. The third-order valence-electron chi connectivity index (χ3n) is 2.86. The predicted octanol–water partition coefficient (Wildman–Crippen LogP) is 1.77. The second kappa shape index (κ2) is 6.29. The number of aromatic nitrogens is 1. The molecule has 5 nitrogen and oxygen atoms in total. The Hall–Kier alpha value is -2.21. The highest BCUT2D eigenvalue weighted by atomic mass is 32.1. The topological polar surface area (TPSA) is 62.3 Å². The third-order valence-corrected chi connectivity index (χ3v) is 3.45. The van der Waals surface area contributed by atoms with Crippen molar-refractivity contribution in [3.05, 3.63) is 52.0 Å². The summed E-state index contributed by atoms with van der Waals surface area (Å²) in [6.45, 7) is 0.477. The van der Waals surface area contributed by atoms with Crippen molar-refractivity contribution in [1.29, 1.82) is 0 Å². The van der Waals surface area contributed by atoms with Crippen LogP contribution in [-0.4, -0.2) is 35.8 Å². The minimum Gasteiger partial charge on any atom is -0.355 e. The lowest BCUT2D eigenvalue weighted by atomic mass is 10.1. The molecule has 2 aromatic rings. The monoisotopic (exact) mass is 289 g/mol. The van der Waals surface area contributed by atoms with E-state index in [1.54, 1.807) is 42.0 Å². The summed E-state index contributed by atoms with van der Waals surface area (Å²) >= 11 is 1.40. The summed E-state index contributed by atoms with van der Waals surface area (Å²) in [6.07, 6.45) is 0. The largest absolute Gasteiger partial charge is 0.355 e. The number of benzene rings is 1. The van der Waals surface area contributed by atoms with E-state index in [-0.39, 0.29) is 11.8 Å². The molecule has 0 atom stereocenters. The van der Waals surface area contributed by atoms with E-state index in [1.165, 1.54) is 11.3 Å². The van der Waals surface area contributed by atoms with E-state index in [2.05, 4.69) is 10.3 Å². The van der Waals surface area contributed by atoms with Crippen molar-refractivity contribution in [2.75, 3.05) is 14.1 Å². The molecule has 0 fully saturated rings. The van der Waals surface area contributed by atoms with Crippen LogP contribution in [0.15, 0.2) is 35.2 Å². The summed E-state index contributed by atoms with van der Waals surface area (Å²) in [5, 5.41) is 4.30. The molecule has 6 heteroatoms. The van der Waals surface area contributed by atoms with Crippen molar-refractivity contribution in [3.8, 4) is 0 Å². The number of carbonyl (C=O) groups is 2. The summed E-state index contributed by atoms with van der Waals surface area (Å²) in [4.78, 5) is 29.1. The molecule has 0 aliphatic rings. The minimum atomic E-state index is -0.122. The van der Waals surface area contributed by atoms with Gasteiger partial charge in [0.15, 0.2) is 0 Å². The van der Waals surface area contributed by atoms with Crippen molar-refractivity contribution in [3.63, 3.8) is 0 Å². The summed E-state index contributed by atoms with van der Waals surface area (Å²) in [6, 6.07) is 7.18. The van der Waals surface area contributed by atoms with Crippen LogP contribution in [0.2, 0.25) is 0 Å². The van der Waals surface area contributed by atoms with Gasteiger partial charge in [0.1, 0.15) is 5.69 Å². The molecule has 0 saturated heterocycles. The van der Waals surface area contributed by atoms with Crippen LogP contribution in [0, 0.1) is 0 Å². The first-order chi connectivity index (χ1) is 9.61. The van der Waals surface area contributed by atoms with Gasteiger partial charge in [-0.1, -0.05) is 12.1 Å². The lowest BCUT2D eigenvalue weighted by Crippen LogP contribution is -2.26. The van der Waals surface area contributed by atoms with Crippen LogP contribution in [0.25, 0.3) is 0 Å². The maximum Gasteiger partial charge on any atom is 0.273 e. The average molecular weight is 289 g/mol. The van der Waals surface area contributed by atoms with Crippen molar-refractivity contribution >= 4 is 23.2 Å². The van der Waals surface area contributed by atoms with Gasteiger partial charge in [0, 0.05) is 31.6 Å². The maximum absolute atomic E-state index is 12.0. The fourth-order valence-corrected chi connectivity index (χ4v) is 2.29. The fraction of sp³-hybridized carbons (Fsp3) is 0.214. The van der Waals surface area contributed by atoms with Crippen molar-refractivity contribution in [1.82, 2.24) is 15.2 Å². The van der Waals surface area contributed by atoms with Crippen molar-refractivity contribution < 1.29 is 9.59 Å². The van der Waals surface area contributed by atoms with Crippen LogP contribution < -0.4 is 5.32 Å². The predicted molar refractivity (Wildman–Crippen MR) is 77.7 cm³/mol. The molecule has 0 saturated carbocycles. The summed E-state index contributed by atoms with van der Waals surface area (Å²) in [5.41, 5.74) is 3.66. The molecule has 1 aromatic heterocycles. The van der Waals surface area contributed by atoms with Crippen LogP contribution in [-0.2, 0) is 6.54 Å². The van der Waals surface area contributed by atoms with E-state index in [9.17, 15) is 9.59 Å². The minimum absolute atomic E-state index is 0.110. The molecular weight excluding hydrogens is 274 g/mol. The first-order valence-corrected chi connectivity index (χ1v) is 7.00. The van der Waals surface area contributed by atoms with Gasteiger partial charge in [0.2, 0.25) is 0 Å². The van der Waals surface area contributed by atoms with Gasteiger partial charge in [-0.05, 0) is 17.7 Å². The first kappa shape index (κ1) is 14.2. The zero-order chi connectivity index (χ0) is 14.5. The van der Waals surface area contributed by atoms with E-state index >= 15 is 0 Å². The first-order valence-electron chi connectivity index (χ1n) is 6.06. The SMILES string of the molecule is CNC(=O)c1ccc(CN(C)C(=O)c2cscn2)cc1. The summed E-state index contributed by atoms with van der Waals surface area (Å²) < 4.78 is 0. The van der Waals surface area contributed by atoms with Gasteiger partial charge in [-0.25, -0.2) is 4.98 Å². The number of rotatable bonds is 4. The molecule has 1 N–H and O–H groups in total. The molecule has 0 radical (unpaired) electrons. The van der Waals surface area contributed by atoms with Gasteiger partial charge < -0.3 is 10.2 Å². The van der Waals surface area contributed by atoms with Crippen LogP contribution in [0.4, 0.5) is 0 Å². The Labute approximate surface area is 121 Å². The van der Waals surface area contributed by atoms with Crippen LogP contribution in [0.5, 0.6) is 0 Å². The molecule has 20 heavy (non-hydrogen) atoms. The highest BCUT2D eigenvalue weighted by Gasteiger charge is 2.13. The van der Waals surface area contributed by atoms with Crippen LogP contribution in [0.1, 0.15) is 26.4 Å². The molecule has 1 aromatic carbocycles. The lowest BCUT2D eigenvalue weighted by Gasteiger charge is -2.16. The number of thiazole rings is 1. The van der Waals surface area contributed by atoms with E-state index in [1.807, 2.05) is 12.1 Å². The number of nitrogens with zero attached hydrogens (tertiary/aromatic N) is 2. The molecular formula is C14H15N3O2S. The van der Waals surface area contributed by atoms with Gasteiger partial charge in [0.05, 0.1) is 5.51 Å². The lowest BCUT2D eigenvalue weighted by molar-refractivity contribution is 0.0779. The number of amides is 2. The number of carbonyl (C=O) groups excluding carboxylic acids is 2. The Balaban J connectivity index is 2.03. The standard InChI is InChI=1S/C14H15N3O2S/c1-15-13(18)11-5-3-10(4-6-11)7-17(2)14(19)12-8-20-9-16-12/h3-6,8-9H,7H2,1-2H3,(H,15,18).